The average Bonchev–Trinajstić information content (AvgIpc) is 3.18. The minimum Gasteiger partial charge on any atom is -0.497 e. The van der Waals surface area contributed by atoms with Crippen molar-refractivity contribution < 1.29 is 28.2 Å². The number of ether oxygens (including phenoxy) is 3. The van der Waals surface area contributed by atoms with Crippen LogP contribution in [0.1, 0.15) is 19.3 Å². The highest BCUT2D eigenvalue weighted by atomic mass is 19.1. The molecule has 1 heterocycles. The minimum atomic E-state index is -0.418. The van der Waals surface area contributed by atoms with Crippen LogP contribution in [-0.4, -0.2) is 45.7 Å². The molecule has 0 aromatic heterocycles. The molecule has 0 saturated carbocycles. The molecule has 0 bridgehead atoms. The summed E-state index contributed by atoms with van der Waals surface area (Å²) in [6.45, 7) is 1.27. The van der Waals surface area contributed by atoms with Crippen molar-refractivity contribution in [3.05, 3.63) is 48.3 Å². The van der Waals surface area contributed by atoms with Crippen molar-refractivity contribution in [1.29, 1.82) is 0 Å². The maximum atomic E-state index is 12.9. The van der Waals surface area contributed by atoms with Gasteiger partial charge >= 0.3 is 0 Å². The van der Waals surface area contributed by atoms with Gasteiger partial charge in [-0.1, -0.05) is 0 Å². The number of rotatable bonds is 10. The monoisotopic (exact) mass is 430 g/mol. The Hall–Kier alpha value is -3.29. The van der Waals surface area contributed by atoms with E-state index in [1.807, 2.05) is 0 Å². The Morgan fingerprint density at radius 3 is 2.55 bits per heavy atom. The van der Waals surface area contributed by atoms with Gasteiger partial charge in [-0.2, -0.15) is 0 Å². The first-order valence-electron chi connectivity index (χ1n) is 10.2. The second kappa shape index (κ2) is 10.7. The highest BCUT2D eigenvalue weighted by Crippen LogP contribution is 2.36. The maximum absolute atomic E-state index is 12.9. The lowest BCUT2D eigenvalue weighted by atomic mass is 10.1. The number of methoxy groups -OCH3 is 2. The molecule has 2 aromatic carbocycles. The van der Waals surface area contributed by atoms with E-state index in [-0.39, 0.29) is 24.1 Å². The fraction of sp³-hybridized carbons (Fsp3) is 0.391. The van der Waals surface area contributed by atoms with Gasteiger partial charge < -0.3 is 24.4 Å². The maximum Gasteiger partial charge on any atom is 0.227 e. The van der Waals surface area contributed by atoms with Gasteiger partial charge in [0.1, 0.15) is 23.1 Å². The van der Waals surface area contributed by atoms with Gasteiger partial charge in [0.05, 0.1) is 32.4 Å². The molecular formula is C23H27FN2O5. The molecule has 31 heavy (non-hydrogen) atoms. The Kier molecular flexibility index (Phi) is 7.70. The summed E-state index contributed by atoms with van der Waals surface area (Å²) in [4.78, 5) is 26.6. The Bertz CT molecular complexity index is 903. The Balaban J connectivity index is 1.43. The van der Waals surface area contributed by atoms with Gasteiger partial charge in [-0.05, 0) is 49.2 Å². The largest absolute Gasteiger partial charge is 0.497 e. The van der Waals surface area contributed by atoms with Crippen LogP contribution in [0.2, 0.25) is 0 Å². The quantitative estimate of drug-likeness (QED) is 0.586. The Morgan fingerprint density at radius 2 is 1.84 bits per heavy atom. The lowest BCUT2D eigenvalue weighted by Gasteiger charge is -2.20. The van der Waals surface area contributed by atoms with E-state index in [0.717, 1.165) is 12.8 Å². The SMILES string of the molecule is COc1ccc(OC)c(N2CC(C(=O)NCCCCOc3ccc(F)cc3)CC2=O)c1. The zero-order valence-corrected chi connectivity index (χ0v) is 17.7. The first kappa shape index (κ1) is 22.4. The van der Waals surface area contributed by atoms with Gasteiger partial charge in [-0.15, -0.1) is 0 Å². The van der Waals surface area contributed by atoms with Crippen LogP contribution in [0.15, 0.2) is 42.5 Å². The third-order valence-electron chi connectivity index (χ3n) is 5.13. The highest BCUT2D eigenvalue weighted by Gasteiger charge is 2.36. The molecule has 1 saturated heterocycles. The molecule has 166 valence electrons. The van der Waals surface area contributed by atoms with Gasteiger partial charge in [-0.3, -0.25) is 9.59 Å². The van der Waals surface area contributed by atoms with Crippen molar-refractivity contribution in [1.82, 2.24) is 5.32 Å². The van der Waals surface area contributed by atoms with Crippen molar-refractivity contribution in [2.45, 2.75) is 19.3 Å². The Labute approximate surface area is 181 Å². The van der Waals surface area contributed by atoms with E-state index < -0.39 is 5.92 Å². The summed E-state index contributed by atoms with van der Waals surface area (Å²) in [6.07, 6.45) is 1.63. The summed E-state index contributed by atoms with van der Waals surface area (Å²) in [5.74, 6) is 0.790. The van der Waals surface area contributed by atoms with Gasteiger partial charge in [0.2, 0.25) is 11.8 Å². The van der Waals surface area contributed by atoms with E-state index in [4.69, 9.17) is 14.2 Å². The fourth-order valence-corrected chi connectivity index (χ4v) is 3.43. The lowest BCUT2D eigenvalue weighted by Crippen LogP contribution is -2.33. The van der Waals surface area contributed by atoms with Crippen molar-refractivity contribution in [2.75, 3.05) is 38.8 Å². The number of amides is 2. The average molecular weight is 430 g/mol. The van der Waals surface area contributed by atoms with E-state index in [9.17, 15) is 14.0 Å². The third kappa shape index (κ3) is 5.87. The molecule has 1 fully saturated rings. The molecule has 7 nitrogen and oxygen atoms in total. The van der Waals surface area contributed by atoms with Crippen LogP contribution in [0.5, 0.6) is 17.2 Å². The standard InChI is InChI=1S/C23H27FN2O5/c1-29-19-9-10-21(30-2)20(14-19)26-15-16(13-22(26)27)23(28)25-11-3-4-12-31-18-7-5-17(24)6-8-18/h5-10,14,16H,3-4,11-13,15H2,1-2H3,(H,25,28). The van der Waals surface area contributed by atoms with Gasteiger partial charge in [-0.25, -0.2) is 4.39 Å². The van der Waals surface area contributed by atoms with Crippen LogP contribution in [0, 0.1) is 11.7 Å². The minimum absolute atomic E-state index is 0.126. The molecule has 0 radical (unpaired) electrons. The van der Waals surface area contributed by atoms with Crippen LogP contribution in [0.3, 0.4) is 0 Å². The van der Waals surface area contributed by atoms with Crippen LogP contribution < -0.4 is 24.4 Å². The molecule has 3 rings (SSSR count). The van der Waals surface area contributed by atoms with Crippen molar-refractivity contribution in [3.8, 4) is 17.2 Å². The number of anilines is 1. The summed E-state index contributed by atoms with van der Waals surface area (Å²) in [6, 6.07) is 11.1. The second-order valence-electron chi connectivity index (χ2n) is 7.24. The van der Waals surface area contributed by atoms with Crippen molar-refractivity contribution in [3.63, 3.8) is 0 Å². The van der Waals surface area contributed by atoms with Gasteiger partial charge in [0.25, 0.3) is 0 Å². The molecule has 2 aromatic rings. The molecule has 1 aliphatic heterocycles. The number of hydrogen-bond donors (Lipinski definition) is 1. The van der Waals surface area contributed by atoms with E-state index in [2.05, 4.69) is 5.32 Å². The number of carbonyl (C=O) groups is 2. The lowest BCUT2D eigenvalue weighted by molar-refractivity contribution is -0.126. The molecule has 1 atom stereocenters. The number of nitrogens with one attached hydrogen (secondary N) is 1. The molecule has 0 aliphatic carbocycles. The molecule has 1 aliphatic rings. The predicted molar refractivity (Wildman–Crippen MR) is 114 cm³/mol. The van der Waals surface area contributed by atoms with E-state index >= 15 is 0 Å². The van der Waals surface area contributed by atoms with Crippen molar-refractivity contribution in [2.24, 2.45) is 5.92 Å². The topological polar surface area (TPSA) is 77.1 Å². The number of halogens is 1. The molecular weight excluding hydrogens is 403 g/mol. The Morgan fingerprint density at radius 1 is 1.10 bits per heavy atom. The fourth-order valence-electron chi connectivity index (χ4n) is 3.43. The molecule has 0 spiro atoms. The smallest absolute Gasteiger partial charge is 0.227 e. The zero-order valence-electron chi connectivity index (χ0n) is 17.7. The normalized spacial score (nSPS) is 15.6. The van der Waals surface area contributed by atoms with E-state index in [1.54, 1.807) is 42.3 Å². The summed E-state index contributed by atoms with van der Waals surface area (Å²) in [5, 5.41) is 2.90. The zero-order chi connectivity index (χ0) is 22.2. The molecule has 8 heteroatoms. The van der Waals surface area contributed by atoms with E-state index in [0.29, 0.717) is 42.6 Å². The molecule has 1 unspecified atom stereocenters. The number of nitrogens with zero attached hydrogens (tertiary/aromatic N) is 1. The number of carbonyl (C=O) groups excluding carboxylic acids is 2. The van der Waals surface area contributed by atoms with Crippen LogP contribution in [0.4, 0.5) is 10.1 Å². The van der Waals surface area contributed by atoms with E-state index in [1.165, 1.54) is 19.2 Å². The number of unbranched alkanes of at least 4 members (excludes halogenated alkanes) is 1. The van der Waals surface area contributed by atoms with Crippen molar-refractivity contribution >= 4 is 17.5 Å². The summed E-state index contributed by atoms with van der Waals surface area (Å²) in [5.41, 5.74) is 0.597. The first-order chi connectivity index (χ1) is 15.0. The summed E-state index contributed by atoms with van der Waals surface area (Å²) < 4.78 is 29.0. The van der Waals surface area contributed by atoms with Crippen LogP contribution in [0.25, 0.3) is 0 Å². The third-order valence-corrected chi connectivity index (χ3v) is 5.13. The van der Waals surface area contributed by atoms with Crippen LogP contribution >= 0.6 is 0 Å². The summed E-state index contributed by atoms with van der Waals surface area (Å²) >= 11 is 0. The summed E-state index contributed by atoms with van der Waals surface area (Å²) in [7, 11) is 3.09. The predicted octanol–water partition coefficient (Wildman–Crippen LogP) is 3.17. The highest BCUT2D eigenvalue weighted by molar-refractivity contribution is 6.01. The molecule has 2 amide bonds. The van der Waals surface area contributed by atoms with Gasteiger partial charge in [0.15, 0.2) is 0 Å². The second-order valence-corrected chi connectivity index (χ2v) is 7.24. The first-order valence-corrected chi connectivity index (χ1v) is 10.2. The molecule has 1 N–H and O–H groups in total. The number of hydrogen-bond acceptors (Lipinski definition) is 5. The van der Waals surface area contributed by atoms with Crippen LogP contribution in [-0.2, 0) is 9.59 Å². The number of benzene rings is 2. The van der Waals surface area contributed by atoms with Gasteiger partial charge in [0, 0.05) is 25.6 Å².